The van der Waals surface area contributed by atoms with E-state index in [-0.39, 0.29) is 6.03 Å². The number of nitrogens with zero attached hydrogens (tertiary/aromatic N) is 2. The van der Waals surface area contributed by atoms with E-state index in [1.165, 1.54) is 12.8 Å². The summed E-state index contributed by atoms with van der Waals surface area (Å²) in [7, 11) is 0. The lowest BCUT2D eigenvalue weighted by Crippen LogP contribution is -2.51. The van der Waals surface area contributed by atoms with E-state index < -0.39 is 11.4 Å². The summed E-state index contributed by atoms with van der Waals surface area (Å²) in [6.45, 7) is 3.86. The maximum Gasteiger partial charge on any atom is 0.320 e. The third kappa shape index (κ3) is 2.76. The van der Waals surface area contributed by atoms with Crippen LogP contribution in [0.4, 0.5) is 4.79 Å². The van der Waals surface area contributed by atoms with Gasteiger partial charge in [0.15, 0.2) is 0 Å². The van der Waals surface area contributed by atoms with E-state index in [1.54, 1.807) is 6.92 Å². The van der Waals surface area contributed by atoms with Crippen LogP contribution in [0.2, 0.25) is 0 Å². The van der Waals surface area contributed by atoms with Crippen LogP contribution in [0.1, 0.15) is 45.4 Å². The van der Waals surface area contributed by atoms with Crippen LogP contribution in [0.5, 0.6) is 0 Å². The lowest BCUT2D eigenvalue weighted by Gasteiger charge is -2.39. The summed E-state index contributed by atoms with van der Waals surface area (Å²) in [4.78, 5) is 27.8. The molecule has 0 spiro atoms. The summed E-state index contributed by atoms with van der Waals surface area (Å²) < 4.78 is 0. The second-order valence-corrected chi connectivity index (χ2v) is 6.96. The Morgan fingerprint density at radius 3 is 2.25 bits per heavy atom. The molecule has 0 aromatic carbocycles. The van der Waals surface area contributed by atoms with Gasteiger partial charge in [0, 0.05) is 25.7 Å². The number of amides is 2. The van der Waals surface area contributed by atoms with Gasteiger partial charge in [-0.1, -0.05) is 0 Å². The van der Waals surface area contributed by atoms with Gasteiger partial charge in [-0.3, -0.25) is 4.79 Å². The molecule has 0 bridgehead atoms. The molecule has 2 amide bonds. The summed E-state index contributed by atoms with van der Waals surface area (Å²) >= 11 is 0. The van der Waals surface area contributed by atoms with Crippen LogP contribution in [0.15, 0.2) is 0 Å². The number of carbonyl (C=O) groups excluding carboxylic acids is 1. The van der Waals surface area contributed by atoms with Gasteiger partial charge in [0.2, 0.25) is 0 Å². The zero-order valence-electron chi connectivity index (χ0n) is 12.2. The molecular weight excluding hydrogens is 256 g/mol. The van der Waals surface area contributed by atoms with Crippen LogP contribution in [0.25, 0.3) is 0 Å². The molecule has 20 heavy (non-hydrogen) atoms. The molecule has 1 aliphatic heterocycles. The van der Waals surface area contributed by atoms with Gasteiger partial charge in [0.25, 0.3) is 0 Å². The van der Waals surface area contributed by atoms with Crippen LogP contribution in [0.3, 0.4) is 0 Å². The molecule has 2 aliphatic carbocycles. The van der Waals surface area contributed by atoms with Crippen LogP contribution in [-0.2, 0) is 4.79 Å². The Morgan fingerprint density at radius 1 is 1.20 bits per heavy atom. The fourth-order valence-corrected chi connectivity index (χ4v) is 2.94. The molecule has 1 saturated heterocycles. The number of piperidine rings is 1. The lowest BCUT2D eigenvalue weighted by molar-refractivity contribution is -0.150. The van der Waals surface area contributed by atoms with Gasteiger partial charge in [-0.05, 0) is 51.4 Å². The Hall–Kier alpha value is -1.26. The fourth-order valence-electron chi connectivity index (χ4n) is 2.94. The van der Waals surface area contributed by atoms with E-state index in [9.17, 15) is 14.7 Å². The maximum absolute atomic E-state index is 12.6. The molecule has 5 heteroatoms. The number of likely N-dealkylation sites (tertiary alicyclic amines) is 1. The van der Waals surface area contributed by atoms with Crippen molar-refractivity contribution in [2.75, 3.05) is 19.6 Å². The van der Waals surface area contributed by atoms with Crippen molar-refractivity contribution in [2.24, 2.45) is 11.3 Å². The Bertz CT molecular complexity index is 407. The van der Waals surface area contributed by atoms with Crippen molar-refractivity contribution in [1.29, 1.82) is 0 Å². The first-order valence-electron chi connectivity index (χ1n) is 7.78. The molecule has 3 aliphatic rings. The molecule has 3 rings (SSSR count). The van der Waals surface area contributed by atoms with E-state index >= 15 is 0 Å². The van der Waals surface area contributed by atoms with Gasteiger partial charge in [-0.25, -0.2) is 4.79 Å². The standard InChI is InChI=1S/C15H24N2O3/c1-15(13(18)19)6-8-16(9-7-15)14(20)17(12-4-5-12)10-11-2-3-11/h11-12H,2-10H2,1H3,(H,18,19). The van der Waals surface area contributed by atoms with Crippen molar-refractivity contribution in [1.82, 2.24) is 9.80 Å². The van der Waals surface area contributed by atoms with Crippen LogP contribution in [-0.4, -0.2) is 52.6 Å². The van der Waals surface area contributed by atoms with Gasteiger partial charge < -0.3 is 14.9 Å². The number of hydrogen-bond acceptors (Lipinski definition) is 2. The van der Waals surface area contributed by atoms with E-state index in [0.29, 0.717) is 37.9 Å². The minimum absolute atomic E-state index is 0.145. The number of hydrogen-bond donors (Lipinski definition) is 1. The van der Waals surface area contributed by atoms with Crippen molar-refractivity contribution in [3.63, 3.8) is 0 Å². The van der Waals surface area contributed by atoms with E-state index in [4.69, 9.17) is 0 Å². The lowest BCUT2D eigenvalue weighted by atomic mass is 9.80. The fraction of sp³-hybridized carbons (Fsp3) is 0.867. The smallest absolute Gasteiger partial charge is 0.320 e. The molecule has 0 unspecified atom stereocenters. The van der Waals surface area contributed by atoms with Crippen molar-refractivity contribution in [3.05, 3.63) is 0 Å². The minimum atomic E-state index is -0.735. The van der Waals surface area contributed by atoms with Gasteiger partial charge >= 0.3 is 12.0 Å². The zero-order chi connectivity index (χ0) is 14.3. The van der Waals surface area contributed by atoms with Gasteiger partial charge in [-0.15, -0.1) is 0 Å². The molecule has 0 atom stereocenters. The van der Waals surface area contributed by atoms with Crippen molar-refractivity contribution in [2.45, 2.75) is 51.5 Å². The van der Waals surface area contributed by atoms with Crippen LogP contribution >= 0.6 is 0 Å². The molecule has 0 aromatic heterocycles. The van der Waals surface area contributed by atoms with Gasteiger partial charge in [0.1, 0.15) is 0 Å². The zero-order valence-corrected chi connectivity index (χ0v) is 12.2. The van der Waals surface area contributed by atoms with E-state index in [2.05, 4.69) is 4.90 Å². The first-order valence-corrected chi connectivity index (χ1v) is 7.78. The molecule has 0 radical (unpaired) electrons. The number of urea groups is 1. The highest BCUT2D eigenvalue weighted by Crippen LogP contribution is 2.37. The topological polar surface area (TPSA) is 60.9 Å². The molecule has 3 fully saturated rings. The molecule has 5 nitrogen and oxygen atoms in total. The summed E-state index contributed by atoms with van der Waals surface area (Å²) in [6.07, 6.45) is 5.92. The summed E-state index contributed by atoms with van der Waals surface area (Å²) in [6, 6.07) is 0.600. The average Bonchev–Trinajstić information content (AvgIpc) is 3.27. The molecule has 1 N–H and O–H groups in total. The number of rotatable bonds is 4. The SMILES string of the molecule is CC1(C(=O)O)CCN(C(=O)N(CC2CC2)C2CC2)CC1. The second-order valence-electron chi connectivity index (χ2n) is 6.96. The first kappa shape index (κ1) is 13.7. The third-order valence-electron chi connectivity index (χ3n) is 5.04. The summed E-state index contributed by atoms with van der Waals surface area (Å²) in [5.41, 5.74) is -0.655. The van der Waals surface area contributed by atoms with Crippen LogP contribution < -0.4 is 0 Å². The van der Waals surface area contributed by atoms with Crippen molar-refractivity contribution >= 4 is 12.0 Å². The van der Waals surface area contributed by atoms with E-state index in [1.807, 2.05) is 4.90 Å². The Kier molecular flexibility index (Phi) is 3.38. The van der Waals surface area contributed by atoms with Gasteiger partial charge in [0.05, 0.1) is 5.41 Å². The minimum Gasteiger partial charge on any atom is -0.481 e. The quantitative estimate of drug-likeness (QED) is 0.858. The molecule has 112 valence electrons. The number of carboxylic acids is 1. The largest absolute Gasteiger partial charge is 0.481 e. The summed E-state index contributed by atoms with van der Waals surface area (Å²) in [5, 5.41) is 9.24. The highest BCUT2D eigenvalue weighted by molar-refractivity contribution is 5.77. The summed E-state index contributed by atoms with van der Waals surface area (Å²) in [5.74, 6) is -0.0183. The predicted molar refractivity (Wildman–Crippen MR) is 74.4 cm³/mol. The monoisotopic (exact) mass is 280 g/mol. The first-order chi connectivity index (χ1) is 9.49. The molecule has 2 saturated carbocycles. The number of aliphatic carboxylic acids is 1. The molecule has 0 aromatic rings. The Labute approximate surface area is 119 Å². The second kappa shape index (κ2) is 4.93. The van der Waals surface area contributed by atoms with Crippen LogP contribution in [0, 0.1) is 11.3 Å². The normalized spacial score (nSPS) is 25.4. The highest BCUT2D eigenvalue weighted by atomic mass is 16.4. The molecule has 1 heterocycles. The highest BCUT2D eigenvalue weighted by Gasteiger charge is 2.42. The number of carboxylic acid groups (broad SMARTS) is 1. The van der Waals surface area contributed by atoms with Gasteiger partial charge in [-0.2, -0.15) is 0 Å². The Balaban J connectivity index is 1.58. The predicted octanol–water partition coefficient (Wildman–Crippen LogP) is 2.17. The Morgan fingerprint density at radius 2 is 1.80 bits per heavy atom. The van der Waals surface area contributed by atoms with Crippen molar-refractivity contribution < 1.29 is 14.7 Å². The average molecular weight is 280 g/mol. The number of carbonyl (C=O) groups is 2. The van der Waals surface area contributed by atoms with E-state index in [0.717, 1.165) is 19.4 Å². The third-order valence-corrected chi connectivity index (χ3v) is 5.04. The maximum atomic E-state index is 12.6. The van der Waals surface area contributed by atoms with Crippen molar-refractivity contribution in [3.8, 4) is 0 Å². The molecular formula is C15H24N2O3.